The second kappa shape index (κ2) is 7.09. The minimum Gasteiger partial charge on any atom is -0.308 e. The molecular formula is C14H23BrClN3. The minimum atomic E-state index is 0.244. The SMILES string of the molecule is CN(C)CCn1ncc(Br)c1C1CCCCCC1Cl. The Morgan fingerprint density at radius 2 is 2.11 bits per heavy atom. The Kier molecular flexibility index (Phi) is 5.72. The molecule has 2 unspecified atom stereocenters. The van der Waals surface area contributed by atoms with Crippen molar-refractivity contribution in [2.75, 3.05) is 20.6 Å². The van der Waals surface area contributed by atoms with Crippen molar-refractivity contribution in [3.8, 4) is 0 Å². The molecule has 1 aromatic heterocycles. The van der Waals surface area contributed by atoms with Gasteiger partial charge < -0.3 is 4.90 Å². The van der Waals surface area contributed by atoms with Crippen molar-refractivity contribution in [2.24, 2.45) is 0 Å². The summed E-state index contributed by atoms with van der Waals surface area (Å²) in [6.07, 6.45) is 8.06. The van der Waals surface area contributed by atoms with Crippen LogP contribution in [0.5, 0.6) is 0 Å². The maximum Gasteiger partial charge on any atom is 0.0635 e. The molecule has 1 heterocycles. The van der Waals surface area contributed by atoms with E-state index in [9.17, 15) is 0 Å². The fraction of sp³-hybridized carbons (Fsp3) is 0.786. The number of likely N-dealkylation sites (N-methyl/N-ethyl adjacent to an activating group) is 1. The van der Waals surface area contributed by atoms with E-state index in [-0.39, 0.29) is 5.38 Å². The molecule has 0 N–H and O–H groups in total. The summed E-state index contributed by atoms with van der Waals surface area (Å²) in [6, 6.07) is 0. The maximum absolute atomic E-state index is 6.61. The molecule has 1 fully saturated rings. The van der Waals surface area contributed by atoms with Gasteiger partial charge in [-0.15, -0.1) is 11.6 Å². The van der Waals surface area contributed by atoms with Crippen molar-refractivity contribution in [3.05, 3.63) is 16.4 Å². The Bertz CT molecular complexity index is 405. The molecule has 0 radical (unpaired) electrons. The molecule has 0 saturated heterocycles. The topological polar surface area (TPSA) is 21.1 Å². The lowest BCUT2D eigenvalue weighted by atomic mass is 9.96. The molecule has 1 aliphatic rings. The Labute approximate surface area is 129 Å². The predicted octanol–water partition coefficient (Wildman–Crippen LogP) is 3.86. The van der Waals surface area contributed by atoms with Crippen LogP contribution >= 0.6 is 27.5 Å². The maximum atomic E-state index is 6.61. The highest BCUT2D eigenvalue weighted by Crippen LogP contribution is 2.38. The Balaban J connectivity index is 2.19. The summed E-state index contributed by atoms with van der Waals surface area (Å²) < 4.78 is 3.25. The van der Waals surface area contributed by atoms with Gasteiger partial charge in [-0.1, -0.05) is 19.3 Å². The van der Waals surface area contributed by atoms with Crippen LogP contribution in [-0.4, -0.2) is 40.7 Å². The summed E-state index contributed by atoms with van der Waals surface area (Å²) in [6.45, 7) is 1.93. The van der Waals surface area contributed by atoms with Crippen molar-refractivity contribution in [1.82, 2.24) is 14.7 Å². The zero-order chi connectivity index (χ0) is 13.8. The summed E-state index contributed by atoms with van der Waals surface area (Å²) in [7, 11) is 4.18. The number of aromatic nitrogens is 2. The Morgan fingerprint density at radius 3 is 2.84 bits per heavy atom. The fourth-order valence-electron chi connectivity index (χ4n) is 2.78. The van der Waals surface area contributed by atoms with E-state index >= 15 is 0 Å². The van der Waals surface area contributed by atoms with E-state index in [4.69, 9.17) is 11.6 Å². The molecule has 1 aliphatic carbocycles. The van der Waals surface area contributed by atoms with Crippen molar-refractivity contribution >= 4 is 27.5 Å². The lowest BCUT2D eigenvalue weighted by Crippen LogP contribution is -2.23. The van der Waals surface area contributed by atoms with Gasteiger partial charge in [0, 0.05) is 17.8 Å². The molecular weight excluding hydrogens is 326 g/mol. The first kappa shape index (κ1) is 15.3. The fourth-order valence-corrected chi connectivity index (χ4v) is 3.77. The smallest absolute Gasteiger partial charge is 0.0635 e. The van der Waals surface area contributed by atoms with Gasteiger partial charge in [0.2, 0.25) is 0 Å². The molecule has 5 heteroatoms. The predicted molar refractivity (Wildman–Crippen MR) is 83.9 cm³/mol. The molecule has 0 spiro atoms. The van der Waals surface area contributed by atoms with Gasteiger partial charge in [0.05, 0.1) is 22.9 Å². The molecule has 2 atom stereocenters. The first-order valence-corrected chi connectivity index (χ1v) is 8.32. The first-order valence-electron chi connectivity index (χ1n) is 7.09. The van der Waals surface area contributed by atoms with Gasteiger partial charge in [-0.25, -0.2) is 0 Å². The molecule has 0 aliphatic heterocycles. The third-order valence-corrected chi connectivity index (χ3v) is 5.01. The monoisotopic (exact) mass is 347 g/mol. The molecule has 1 aromatic rings. The summed E-state index contributed by atoms with van der Waals surface area (Å²) in [5.41, 5.74) is 1.30. The zero-order valence-electron chi connectivity index (χ0n) is 11.8. The normalized spacial score (nSPS) is 24.7. The van der Waals surface area contributed by atoms with E-state index in [2.05, 4.69) is 44.7 Å². The van der Waals surface area contributed by atoms with E-state index in [1.165, 1.54) is 31.4 Å². The molecule has 19 heavy (non-hydrogen) atoms. The summed E-state index contributed by atoms with van der Waals surface area (Å²) >= 11 is 10.3. The molecule has 0 aromatic carbocycles. The zero-order valence-corrected chi connectivity index (χ0v) is 14.1. The van der Waals surface area contributed by atoms with Crippen LogP contribution < -0.4 is 0 Å². The Hall–Kier alpha value is -0.0600. The van der Waals surface area contributed by atoms with Gasteiger partial charge in [0.15, 0.2) is 0 Å². The third kappa shape index (κ3) is 3.96. The number of rotatable bonds is 4. The number of hydrogen-bond donors (Lipinski definition) is 0. The van der Waals surface area contributed by atoms with Crippen molar-refractivity contribution in [3.63, 3.8) is 0 Å². The minimum absolute atomic E-state index is 0.244. The summed E-state index contributed by atoms with van der Waals surface area (Å²) in [5, 5.41) is 4.76. The largest absolute Gasteiger partial charge is 0.308 e. The third-order valence-electron chi connectivity index (χ3n) is 3.88. The lowest BCUT2D eigenvalue weighted by Gasteiger charge is -2.22. The second-order valence-corrected chi connectivity index (χ2v) is 7.08. The molecule has 0 amide bonds. The number of hydrogen-bond acceptors (Lipinski definition) is 2. The van der Waals surface area contributed by atoms with Crippen LogP contribution in [0.2, 0.25) is 0 Å². The highest BCUT2D eigenvalue weighted by atomic mass is 79.9. The van der Waals surface area contributed by atoms with Crippen molar-refractivity contribution in [2.45, 2.75) is 49.9 Å². The quantitative estimate of drug-likeness (QED) is 0.608. The van der Waals surface area contributed by atoms with Crippen LogP contribution in [0.3, 0.4) is 0 Å². The van der Waals surface area contributed by atoms with Gasteiger partial charge in [0.25, 0.3) is 0 Å². The van der Waals surface area contributed by atoms with Crippen LogP contribution in [0, 0.1) is 0 Å². The first-order chi connectivity index (χ1) is 9.09. The Morgan fingerprint density at radius 1 is 1.37 bits per heavy atom. The second-order valence-electron chi connectivity index (χ2n) is 5.66. The van der Waals surface area contributed by atoms with Crippen molar-refractivity contribution in [1.29, 1.82) is 0 Å². The highest BCUT2D eigenvalue weighted by Gasteiger charge is 2.28. The average molecular weight is 349 g/mol. The van der Waals surface area contributed by atoms with Gasteiger partial charge in [-0.2, -0.15) is 5.10 Å². The van der Waals surface area contributed by atoms with Gasteiger partial charge in [-0.3, -0.25) is 4.68 Å². The standard InChI is InChI=1S/C14H23BrClN3/c1-18(2)8-9-19-14(12(15)10-17-19)11-6-4-3-5-7-13(11)16/h10-11,13H,3-9H2,1-2H3. The van der Waals surface area contributed by atoms with Crippen LogP contribution in [-0.2, 0) is 6.54 Å². The van der Waals surface area contributed by atoms with E-state index in [0.717, 1.165) is 24.0 Å². The van der Waals surface area contributed by atoms with Gasteiger partial charge in [0.1, 0.15) is 0 Å². The van der Waals surface area contributed by atoms with E-state index < -0.39 is 0 Å². The lowest BCUT2D eigenvalue weighted by molar-refractivity contribution is 0.364. The van der Waals surface area contributed by atoms with Crippen LogP contribution in [0.15, 0.2) is 10.7 Å². The van der Waals surface area contributed by atoms with Crippen LogP contribution in [0.25, 0.3) is 0 Å². The molecule has 0 bridgehead atoms. The van der Waals surface area contributed by atoms with Crippen LogP contribution in [0.1, 0.15) is 43.7 Å². The van der Waals surface area contributed by atoms with Crippen LogP contribution in [0.4, 0.5) is 0 Å². The van der Waals surface area contributed by atoms with E-state index in [1.54, 1.807) is 0 Å². The number of nitrogens with zero attached hydrogens (tertiary/aromatic N) is 3. The molecule has 3 nitrogen and oxygen atoms in total. The molecule has 2 rings (SSSR count). The summed E-state index contributed by atoms with van der Waals surface area (Å²) in [5.74, 6) is 0.434. The number of halogens is 2. The number of alkyl halides is 1. The van der Waals surface area contributed by atoms with E-state index in [1.807, 2.05) is 6.20 Å². The summed E-state index contributed by atoms with van der Waals surface area (Å²) in [4.78, 5) is 2.19. The van der Waals surface area contributed by atoms with Crippen molar-refractivity contribution < 1.29 is 0 Å². The van der Waals surface area contributed by atoms with Gasteiger partial charge >= 0.3 is 0 Å². The molecule has 1 saturated carbocycles. The highest BCUT2D eigenvalue weighted by molar-refractivity contribution is 9.10. The van der Waals surface area contributed by atoms with Gasteiger partial charge in [-0.05, 0) is 42.9 Å². The molecule has 108 valence electrons. The van der Waals surface area contributed by atoms with E-state index in [0.29, 0.717) is 5.92 Å². The average Bonchev–Trinajstić information content (AvgIpc) is 2.58.